The molecule has 0 unspecified atom stereocenters. The molecule has 1 saturated heterocycles. The number of carbonyl (C=O) groups is 1. The van der Waals surface area contributed by atoms with Crippen molar-refractivity contribution >= 4 is 33.8 Å². The average molecular weight is 401 g/mol. The summed E-state index contributed by atoms with van der Waals surface area (Å²) in [6.45, 7) is 2.92. The summed E-state index contributed by atoms with van der Waals surface area (Å²) >= 11 is 1.49. The number of amides is 1. The molecule has 6 heteroatoms. The van der Waals surface area contributed by atoms with E-state index in [4.69, 9.17) is 0 Å². The lowest BCUT2D eigenvalue weighted by Gasteiger charge is -2.35. The van der Waals surface area contributed by atoms with E-state index in [1.54, 1.807) is 0 Å². The molecule has 5 rings (SSSR count). The molecular formula is C23H20N4OS. The van der Waals surface area contributed by atoms with E-state index in [-0.39, 0.29) is 5.91 Å². The molecular weight excluding hydrogens is 380 g/mol. The van der Waals surface area contributed by atoms with E-state index in [0.29, 0.717) is 13.1 Å². The Morgan fingerprint density at radius 3 is 2.41 bits per heavy atom. The molecule has 4 aromatic rings. The predicted octanol–water partition coefficient (Wildman–Crippen LogP) is 4.32. The van der Waals surface area contributed by atoms with Crippen molar-refractivity contribution in [1.29, 1.82) is 0 Å². The maximum Gasteiger partial charge on any atom is 0.264 e. The van der Waals surface area contributed by atoms with E-state index in [1.165, 1.54) is 22.1 Å². The van der Waals surface area contributed by atoms with Gasteiger partial charge in [-0.2, -0.15) is 0 Å². The molecule has 0 atom stereocenters. The van der Waals surface area contributed by atoms with Crippen LogP contribution in [0.2, 0.25) is 0 Å². The fourth-order valence-corrected chi connectivity index (χ4v) is 4.47. The van der Waals surface area contributed by atoms with Gasteiger partial charge in [-0.25, -0.2) is 0 Å². The summed E-state index contributed by atoms with van der Waals surface area (Å²) < 4.78 is 0. The third-order valence-corrected chi connectivity index (χ3v) is 6.20. The number of benzene rings is 2. The van der Waals surface area contributed by atoms with E-state index in [0.717, 1.165) is 35.0 Å². The fourth-order valence-electron chi connectivity index (χ4n) is 3.78. The van der Waals surface area contributed by atoms with Crippen molar-refractivity contribution in [3.63, 3.8) is 0 Å². The minimum atomic E-state index is 0.122. The van der Waals surface area contributed by atoms with Gasteiger partial charge in [-0.1, -0.05) is 48.5 Å². The first-order valence-corrected chi connectivity index (χ1v) is 10.6. The lowest BCUT2D eigenvalue weighted by Crippen LogP contribution is -2.48. The van der Waals surface area contributed by atoms with Crippen molar-refractivity contribution in [2.24, 2.45) is 0 Å². The van der Waals surface area contributed by atoms with Gasteiger partial charge in [-0.15, -0.1) is 21.5 Å². The Kier molecular flexibility index (Phi) is 4.69. The predicted molar refractivity (Wildman–Crippen MR) is 117 cm³/mol. The molecule has 1 fully saturated rings. The normalized spacial score (nSPS) is 14.3. The number of thiophene rings is 1. The molecule has 2 aromatic heterocycles. The molecule has 144 valence electrons. The van der Waals surface area contributed by atoms with E-state index in [2.05, 4.69) is 45.4 Å². The smallest absolute Gasteiger partial charge is 0.264 e. The highest BCUT2D eigenvalue weighted by atomic mass is 32.1. The van der Waals surface area contributed by atoms with Gasteiger partial charge in [0, 0.05) is 31.7 Å². The zero-order valence-corrected chi connectivity index (χ0v) is 16.7. The van der Waals surface area contributed by atoms with Crippen LogP contribution >= 0.6 is 11.3 Å². The van der Waals surface area contributed by atoms with Crippen molar-refractivity contribution < 1.29 is 4.79 Å². The second-order valence-electron chi connectivity index (χ2n) is 7.06. The van der Waals surface area contributed by atoms with E-state index in [9.17, 15) is 4.79 Å². The van der Waals surface area contributed by atoms with Crippen molar-refractivity contribution in [2.45, 2.75) is 0 Å². The van der Waals surface area contributed by atoms with E-state index in [1.807, 2.05) is 46.7 Å². The minimum Gasteiger partial charge on any atom is -0.352 e. The summed E-state index contributed by atoms with van der Waals surface area (Å²) in [5.74, 6) is 0.981. The third kappa shape index (κ3) is 3.47. The molecule has 29 heavy (non-hydrogen) atoms. The van der Waals surface area contributed by atoms with Crippen LogP contribution < -0.4 is 4.90 Å². The van der Waals surface area contributed by atoms with Crippen LogP contribution in [0.5, 0.6) is 0 Å². The van der Waals surface area contributed by atoms with Crippen molar-refractivity contribution in [3.05, 3.63) is 77.0 Å². The van der Waals surface area contributed by atoms with Crippen LogP contribution in [-0.4, -0.2) is 47.2 Å². The molecule has 0 bridgehead atoms. The Bertz CT molecular complexity index is 1130. The molecule has 1 aliphatic heterocycles. The van der Waals surface area contributed by atoms with Crippen molar-refractivity contribution in [2.75, 3.05) is 31.1 Å². The lowest BCUT2D eigenvalue weighted by molar-refractivity contribution is 0.0751. The topological polar surface area (TPSA) is 49.3 Å². The van der Waals surface area contributed by atoms with Gasteiger partial charge in [-0.3, -0.25) is 4.79 Å². The number of hydrogen-bond donors (Lipinski definition) is 0. The molecule has 3 heterocycles. The van der Waals surface area contributed by atoms with Crippen molar-refractivity contribution in [3.8, 4) is 11.3 Å². The highest BCUT2D eigenvalue weighted by Crippen LogP contribution is 2.27. The first-order valence-electron chi connectivity index (χ1n) is 9.69. The molecule has 5 nitrogen and oxygen atoms in total. The van der Waals surface area contributed by atoms with E-state index < -0.39 is 0 Å². The lowest BCUT2D eigenvalue weighted by atomic mass is 10.0. The monoisotopic (exact) mass is 400 g/mol. The van der Waals surface area contributed by atoms with Gasteiger partial charge in [0.2, 0.25) is 0 Å². The van der Waals surface area contributed by atoms with Crippen LogP contribution in [-0.2, 0) is 0 Å². The third-order valence-electron chi connectivity index (χ3n) is 5.34. The van der Waals surface area contributed by atoms with Crippen LogP contribution in [0.3, 0.4) is 0 Å². The maximum atomic E-state index is 12.5. The Balaban J connectivity index is 1.31. The first-order chi connectivity index (χ1) is 14.3. The van der Waals surface area contributed by atoms with E-state index >= 15 is 0 Å². The Hall–Kier alpha value is -3.25. The van der Waals surface area contributed by atoms with Gasteiger partial charge in [0.1, 0.15) is 0 Å². The second-order valence-corrected chi connectivity index (χ2v) is 8.01. The van der Waals surface area contributed by atoms with Crippen LogP contribution in [0.25, 0.3) is 22.0 Å². The summed E-state index contributed by atoms with van der Waals surface area (Å²) in [6, 6.07) is 22.4. The number of nitrogens with zero attached hydrogens (tertiary/aromatic N) is 4. The van der Waals surface area contributed by atoms with Crippen LogP contribution in [0, 0.1) is 0 Å². The Morgan fingerprint density at radius 2 is 1.66 bits per heavy atom. The quantitative estimate of drug-likeness (QED) is 0.514. The number of fused-ring (bicyclic) bond motifs is 1. The molecule has 0 N–H and O–H groups in total. The van der Waals surface area contributed by atoms with Gasteiger partial charge >= 0.3 is 0 Å². The van der Waals surface area contributed by atoms with Crippen LogP contribution in [0.1, 0.15) is 9.67 Å². The Labute approximate surface area is 173 Å². The zero-order valence-electron chi connectivity index (χ0n) is 15.9. The van der Waals surface area contributed by atoms with Crippen LogP contribution in [0.15, 0.2) is 72.1 Å². The first kappa shape index (κ1) is 17.8. The molecule has 0 radical (unpaired) electrons. The summed E-state index contributed by atoms with van der Waals surface area (Å²) in [7, 11) is 0. The number of rotatable bonds is 3. The number of hydrogen-bond acceptors (Lipinski definition) is 5. The van der Waals surface area contributed by atoms with Gasteiger partial charge < -0.3 is 9.80 Å². The summed E-state index contributed by atoms with van der Waals surface area (Å²) in [4.78, 5) is 17.4. The van der Waals surface area contributed by atoms with Crippen molar-refractivity contribution in [1.82, 2.24) is 15.1 Å². The maximum absolute atomic E-state index is 12.5. The van der Waals surface area contributed by atoms with Gasteiger partial charge in [0.15, 0.2) is 5.82 Å². The number of piperazine rings is 1. The number of carbonyl (C=O) groups excluding carboxylic acids is 1. The summed E-state index contributed by atoms with van der Waals surface area (Å²) in [6.07, 6.45) is 0. The fraction of sp³-hybridized carbons (Fsp3) is 0.174. The number of anilines is 1. The SMILES string of the molecule is O=C(c1cccs1)N1CCN(c2ccc(-c3cccc4ccccc34)nn2)CC1. The molecule has 1 aliphatic rings. The largest absolute Gasteiger partial charge is 0.352 e. The highest BCUT2D eigenvalue weighted by molar-refractivity contribution is 7.12. The second kappa shape index (κ2) is 7.64. The van der Waals surface area contributed by atoms with Crippen LogP contribution in [0.4, 0.5) is 5.82 Å². The Morgan fingerprint density at radius 1 is 0.828 bits per heavy atom. The molecule has 1 amide bonds. The highest BCUT2D eigenvalue weighted by Gasteiger charge is 2.23. The minimum absolute atomic E-state index is 0.122. The molecule has 0 aliphatic carbocycles. The molecule has 2 aromatic carbocycles. The summed E-state index contributed by atoms with van der Waals surface area (Å²) in [5.41, 5.74) is 1.96. The number of aromatic nitrogens is 2. The summed E-state index contributed by atoms with van der Waals surface area (Å²) in [5, 5.41) is 13.3. The standard InChI is InChI=1S/C23H20N4OS/c28-23(21-9-4-16-29-21)27-14-12-26(13-15-27)22-11-10-20(24-25-22)19-8-3-6-17-5-1-2-7-18(17)19/h1-11,16H,12-15H2. The van der Waals surface area contributed by atoms with Gasteiger partial charge in [0.05, 0.1) is 10.6 Å². The average Bonchev–Trinajstić information content (AvgIpc) is 3.33. The van der Waals surface area contributed by atoms with Gasteiger partial charge in [-0.05, 0) is 34.4 Å². The molecule has 0 spiro atoms. The van der Waals surface area contributed by atoms with Gasteiger partial charge in [0.25, 0.3) is 5.91 Å². The zero-order chi connectivity index (χ0) is 19.6. The molecule has 0 saturated carbocycles.